The number of carbonyl (C=O) groups excluding carboxylic acids is 1. The molecule has 4 N–H and O–H groups in total. The third-order valence-corrected chi connectivity index (χ3v) is 4.74. The topological polar surface area (TPSA) is 76.4 Å². The van der Waals surface area contributed by atoms with Crippen molar-refractivity contribution in [2.24, 2.45) is 11.7 Å². The van der Waals surface area contributed by atoms with Crippen LogP contribution in [0.3, 0.4) is 0 Å². The average Bonchev–Trinajstić information content (AvgIpc) is 2.81. The van der Waals surface area contributed by atoms with Crippen LogP contribution in [0.4, 0.5) is 4.79 Å². The summed E-state index contributed by atoms with van der Waals surface area (Å²) >= 11 is 0. The Morgan fingerprint density at radius 3 is 2.55 bits per heavy atom. The highest BCUT2D eigenvalue weighted by Gasteiger charge is 2.30. The van der Waals surface area contributed by atoms with Gasteiger partial charge in [0.25, 0.3) is 0 Å². The van der Waals surface area contributed by atoms with Gasteiger partial charge in [0.2, 0.25) is 0 Å². The Morgan fingerprint density at radius 2 is 1.91 bits per heavy atom. The molecule has 0 aliphatic heterocycles. The molecular formula is C17H33N3O2. The van der Waals surface area contributed by atoms with Gasteiger partial charge in [0, 0.05) is 24.7 Å². The second-order valence-corrected chi connectivity index (χ2v) is 7.97. The number of nitrogens with two attached hydrogens (primary N) is 1. The van der Waals surface area contributed by atoms with Crippen LogP contribution in [-0.2, 0) is 4.74 Å². The van der Waals surface area contributed by atoms with Crippen molar-refractivity contribution < 1.29 is 9.53 Å². The van der Waals surface area contributed by atoms with Gasteiger partial charge in [0.15, 0.2) is 0 Å². The van der Waals surface area contributed by atoms with Crippen molar-refractivity contribution in [3.05, 3.63) is 0 Å². The van der Waals surface area contributed by atoms with Gasteiger partial charge in [-0.2, -0.15) is 0 Å². The Balaban J connectivity index is 1.78. The van der Waals surface area contributed by atoms with E-state index in [4.69, 9.17) is 10.5 Å². The SMILES string of the molecule is CC(C)(C)OC(=O)NCC1CCCCC1NC1CCC(N)C1. The normalized spacial score (nSPS) is 32.7. The van der Waals surface area contributed by atoms with Crippen molar-refractivity contribution in [1.82, 2.24) is 10.6 Å². The third-order valence-electron chi connectivity index (χ3n) is 4.74. The van der Waals surface area contributed by atoms with Gasteiger partial charge >= 0.3 is 6.09 Å². The molecule has 2 saturated carbocycles. The standard InChI is InChI=1S/C17H33N3O2/c1-17(2,3)22-16(21)19-11-12-6-4-5-7-15(12)20-14-9-8-13(18)10-14/h12-15,20H,4-11,18H2,1-3H3,(H,19,21). The molecule has 0 spiro atoms. The zero-order valence-corrected chi connectivity index (χ0v) is 14.4. The molecule has 2 rings (SSSR count). The fraction of sp³-hybridized carbons (Fsp3) is 0.941. The highest BCUT2D eigenvalue weighted by Crippen LogP contribution is 2.27. The molecular weight excluding hydrogens is 278 g/mol. The quantitative estimate of drug-likeness (QED) is 0.746. The van der Waals surface area contributed by atoms with E-state index in [1.807, 2.05) is 20.8 Å². The number of nitrogens with one attached hydrogen (secondary N) is 2. The number of ether oxygens (including phenoxy) is 1. The summed E-state index contributed by atoms with van der Waals surface area (Å²) in [6.45, 7) is 6.37. The van der Waals surface area contributed by atoms with Gasteiger partial charge in [-0.3, -0.25) is 0 Å². The molecule has 2 aliphatic rings. The molecule has 0 heterocycles. The van der Waals surface area contributed by atoms with Crippen LogP contribution in [0.1, 0.15) is 65.7 Å². The van der Waals surface area contributed by atoms with Crippen molar-refractivity contribution in [3.8, 4) is 0 Å². The predicted molar refractivity (Wildman–Crippen MR) is 88.7 cm³/mol. The molecule has 2 fully saturated rings. The van der Waals surface area contributed by atoms with E-state index < -0.39 is 5.60 Å². The smallest absolute Gasteiger partial charge is 0.407 e. The molecule has 1 amide bonds. The van der Waals surface area contributed by atoms with Gasteiger partial charge in [0.1, 0.15) is 5.60 Å². The highest BCUT2D eigenvalue weighted by atomic mass is 16.6. The largest absolute Gasteiger partial charge is 0.444 e. The van der Waals surface area contributed by atoms with Gasteiger partial charge < -0.3 is 21.1 Å². The van der Waals surface area contributed by atoms with Crippen molar-refractivity contribution in [1.29, 1.82) is 0 Å². The van der Waals surface area contributed by atoms with Crippen LogP contribution in [-0.4, -0.2) is 36.4 Å². The molecule has 4 unspecified atom stereocenters. The van der Waals surface area contributed by atoms with Gasteiger partial charge in [-0.15, -0.1) is 0 Å². The maximum atomic E-state index is 11.8. The van der Waals surface area contributed by atoms with E-state index >= 15 is 0 Å². The van der Waals surface area contributed by atoms with Crippen LogP contribution >= 0.6 is 0 Å². The lowest BCUT2D eigenvalue weighted by atomic mass is 9.84. The molecule has 22 heavy (non-hydrogen) atoms. The lowest BCUT2D eigenvalue weighted by Gasteiger charge is -2.34. The van der Waals surface area contributed by atoms with E-state index in [1.54, 1.807) is 0 Å². The van der Waals surface area contributed by atoms with Gasteiger partial charge in [0.05, 0.1) is 0 Å². The van der Waals surface area contributed by atoms with Crippen LogP contribution in [0.25, 0.3) is 0 Å². The van der Waals surface area contributed by atoms with Crippen LogP contribution in [0, 0.1) is 5.92 Å². The molecule has 0 aromatic heterocycles. The highest BCUT2D eigenvalue weighted by molar-refractivity contribution is 5.67. The maximum absolute atomic E-state index is 11.8. The number of hydrogen-bond donors (Lipinski definition) is 3. The summed E-state index contributed by atoms with van der Waals surface area (Å²) in [4.78, 5) is 11.8. The molecule has 2 aliphatic carbocycles. The molecule has 128 valence electrons. The van der Waals surface area contributed by atoms with E-state index in [0.717, 1.165) is 12.8 Å². The maximum Gasteiger partial charge on any atom is 0.407 e. The summed E-state index contributed by atoms with van der Waals surface area (Å²) in [6.07, 6.45) is 8.00. The van der Waals surface area contributed by atoms with Crippen molar-refractivity contribution in [2.75, 3.05) is 6.54 Å². The summed E-state index contributed by atoms with van der Waals surface area (Å²) in [5, 5.41) is 6.74. The molecule has 0 aromatic rings. The Morgan fingerprint density at radius 1 is 1.18 bits per heavy atom. The Labute approximate surface area is 134 Å². The molecule has 0 saturated heterocycles. The number of carbonyl (C=O) groups is 1. The first kappa shape index (κ1) is 17.5. The summed E-state index contributed by atoms with van der Waals surface area (Å²) in [5.41, 5.74) is 5.57. The van der Waals surface area contributed by atoms with Crippen LogP contribution < -0.4 is 16.4 Å². The number of rotatable bonds is 4. The molecule has 4 atom stereocenters. The summed E-state index contributed by atoms with van der Waals surface area (Å²) in [5.74, 6) is 0.498. The van der Waals surface area contributed by atoms with E-state index in [0.29, 0.717) is 30.6 Å². The van der Waals surface area contributed by atoms with Crippen molar-refractivity contribution >= 4 is 6.09 Å². The number of hydrogen-bond acceptors (Lipinski definition) is 4. The predicted octanol–water partition coefficient (Wildman–Crippen LogP) is 2.54. The fourth-order valence-electron chi connectivity index (χ4n) is 3.67. The summed E-state index contributed by atoms with van der Waals surface area (Å²) in [6, 6.07) is 1.42. The molecule has 0 radical (unpaired) electrons. The van der Waals surface area contributed by atoms with Gasteiger partial charge in [-0.25, -0.2) is 4.79 Å². The zero-order valence-electron chi connectivity index (χ0n) is 14.4. The second kappa shape index (κ2) is 7.64. The summed E-state index contributed by atoms with van der Waals surface area (Å²) < 4.78 is 5.32. The molecule has 0 bridgehead atoms. The van der Waals surface area contributed by atoms with Gasteiger partial charge in [-0.1, -0.05) is 12.8 Å². The Kier molecular flexibility index (Phi) is 6.09. The lowest BCUT2D eigenvalue weighted by Crippen LogP contribution is -2.48. The first-order chi connectivity index (χ1) is 10.3. The Bertz CT molecular complexity index is 367. The minimum atomic E-state index is -0.436. The summed E-state index contributed by atoms with van der Waals surface area (Å²) in [7, 11) is 0. The minimum absolute atomic E-state index is 0.306. The average molecular weight is 311 g/mol. The molecule has 5 heteroatoms. The fourth-order valence-corrected chi connectivity index (χ4v) is 3.67. The van der Waals surface area contributed by atoms with Crippen LogP contribution in [0.15, 0.2) is 0 Å². The van der Waals surface area contributed by atoms with Crippen molar-refractivity contribution in [2.45, 2.75) is 89.4 Å². The van der Waals surface area contributed by atoms with Crippen LogP contribution in [0.2, 0.25) is 0 Å². The minimum Gasteiger partial charge on any atom is -0.444 e. The third kappa shape index (κ3) is 5.76. The molecule has 5 nitrogen and oxygen atoms in total. The van der Waals surface area contributed by atoms with Gasteiger partial charge in [-0.05, 0) is 58.8 Å². The second-order valence-electron chi connectivity index (χ2n) is 7.97. The zero-order chi connectivity index (χ0) is 16.2. The first-order valence-corrected chi connectivity index (χ1v) is 8.82. The van der Waals surface area contributed by atoms with E-state index in [-0.39, 0.29) is 6.09 Å². The Hall–Kier alpha value is -0.810. The first-order valence-electron chi connectivity index (χ1n) is 8.82. The van der Waals surface area contributed by atoms with Crippen molar-refractivity contribution in [3.63, 3.8) is 0 Å². The lowest BCUT2D eigenvalue weighted by molar-refractivity contribution is 0.0510. The monoisotopic (exact) mass is 311 g/mol. The molecule has 0 aromatic carbocycles. The van der Waals surface area contributed by atoms with E-state index in [1.165, 1.54) is 32.1 Å². The number of alkyl carbamates (subject to hydrolysis) is 1. The number of amides is 1. The van der Waals surface area contributed by atoms with Crippen LogP contribution in [0.5, 0.6) is 0 Å². The van der Waals surface area contributed by atoms with E-state index in [9.17, 15) is 4.79 Å². The van der Waals surface area contributed by atoms with E-state index in [2.05, 4.69) is 10.6 Å².